The number of carbonyl (C=O) groups is 1. The monoisotopic (exact) mass is 308 g/mol. The Morgan fingerprint density at radius 1 is 1.15 bits per heavy atom. The molecule has 20 heavy (non-hydrogen) atoms. The minimum atomic E-state index is -0.524. The summed E-state index contributed by atoms with van der Waals surface area (Å²) in [6.07, 6.45) is -0.524. The summed E-state index contributed by atoms with van der Waals surface area (Å²) >= 11 is 7.14. The van der Waals surface area contributed by atoms with Gasteiger partial charge >= 0.3 is 0 Å². The molecule has 0 aliphatic carbocycles. The number of thiophene rings is 1. The second-order valence-corrected chi connectivity index (χ2v) is 6.64. The molecule has 0 spiro atoms. The zero-order valence-corrected chi connectivity index (χ0v) is 13.3. The lowest BCUT2D eigenvalue weighted by molar-refractivity contribution is 0.0820. The second-order valence-electron chi connectivity index (χ2n) is 4.92. The summed E-state index contributed by atoms with van der Waals surface area (Å²) in [5.41, 5.74) is 1.11. The zero-order valence-electron chi connectivity index (χ0n) is 11.7. The van der Waals surface area contributed by atoms with Crippen LogP contribution in [0.2, 0.25) is 4.34 Å². The summed E-state index contributed by atoms with van der Waals surface area (Å²) < 4.78 is 6.46. The topological polar surface area (TPSA) is 26.3 Å². The minimum Gasteiger partial charge on any atom is -0.482 e. The van der Waals surface area contributed by atoms with Crippen LogP contribution in [0.15, 0.2) is 36.4 Å². The maximum absolute atomic E-state index is 12.3. The Kier molecular flexibility index (Phi) is 4.84. The van der Waals surface area contributed by atoms with Gasteiger partial charge in [0.1, 0.15) is 5.75 Å². The molecular formula is C16H17ClO2S. The fraction of sp³-hybridized carbons (Fsp3) is 0.312. The van der Waals surface area contributed by atoms with E-state index in [0.717, 1.165) is 11.3 Å². The van der Waals surface area contributed by atoms with Gasteiger partial charge < -0.3 is 4.74 Å². The molecule has 1 heterocycles. The van der Waals surface area contributed by atoms with Crippen LogP contribution in [-0.4, -0.2) is 11.9 Å². The lowest BCUT2D eigenvalue weighted by Gasteiger charge is -2.17. The molecule has 1 aromatic heterocycles. The maximum atomic E-state index is 12.3. The molecule has 0 amide bonds. The Labute approximate surface area is 128 Å². The smallest absolute Gasteiger partial charge is 0.212 e. The molecule has 0 bridgehead atoms. The van der Waals surface area contributed by atoms with Crippen molar-refractivity contribution in [2.45, 2.75) is 32.8 Å². The first-order valence-corrected chi connectivity index (χ1v) is 7.73. The quantitative estimate of drug-likeness (QED) is 0.712. The van der Waals surface area contributed by atoms with Crippen molar-refractivity contribution in [2.24, 2.45) is 0 Å². The standard InChI is InChI=1S/C16H17ClO2S/c1-10(2)12-6-4-5-7-13(12)19-11(3)16(18)14-8-9-15(17)20-14/h4-11H,1-3H3. The van der Waals surface area contributed by atoms with Crippen molar-refractivity contribution in [3.63, 3.8) is 0 Å². The maximum Gasteiger partial charge on any atom is 0.212 e. The SMILES string of the molecule is CC(Oc1ccccc1C(C)C)C(=O)c1ccc(Cl)s1. The van der Waals surface area contributed by atoms with Crippen LogP contribution < -0.4 is 4.74 Å². The molecule has 1 unspecified atom stereocenters. The van der Waals surface area contributed by atoms with Crippen LogP contribution in [0.3, 0.4) is 0 Å². The van der Waals surface area contributed by atoms with Crippen LogP contribution >= 0.6 is 22.9 Å². The predicted octanol–water partition coefficient (Wildman–Crippen LogP) is 5.18. The van der Waals surface area contributed by atoms with Crippen LogP contribution in [0.5, 0.6) is 5.75 Å². The summed E-state index contributed by atoms with van der Waals surface area (Å²) in [5.74, 6) is 1.08. The zero-order chi connectivity index (χ0) is 14.7. The lowest BCUT2D eigenvalue weighted by Crippen LogP contribution is -2.23. The van der Waals surface area contributed by atoms with E-state index in [1.165, 1.54) is 11.3 Å². The highest BCUT2D eigenvalue weighted by Gasteiger charge is 2.20. The molecule has 1 atom stereocenters. The summed E-state index contributed by atoms with van der Waals surface area (Å²) in [4.78, 5) is 12.9. The Bertz CT molecular complexity index is 604. The molecule has 0 aliphatic heterocycles. The highest BCUT2D eigenvalue weighted by Crippen LogP contribution is 2.28. The lowest BCUT2D eigenvalue weighted by atomic mass is 10.0. The van der Waals surface area contributed by atoms with E-state index in [-0.39, 0.29) is 5.78 Å². The van der Waals surface area contributed by atoms with Crippen LogP contribution in [0.25, 0.3) is 0 Å². The summed E-state index contributed by atoms with van der Waals surface area (Å²) in [7, 11) is 0. The van der Waals surface area contributed by atoms with Gasteiger partial charge in [-0.15, -0.1) is 11.3 Å². The van der Waals surface area contributed by atoms with Crippen LogP contribution in [0.1, 0.15) is 41.9 Å². The van der Waals surface area contributed by atoms with E-state index in [4.69, 9.17) is 16.3 Å². The largest absolute Gasteiger partial charge is 0.482 e. The third kappa shape index (κ3) is 3.41. The van der Waals surface area contributed by atoms with Gasteiger partial charge in [0.05, 0.1) is 9.21 Å². The van der Waals surface area contributed by atoms with Crippen molar-refractivity contribution in [1.82, 2.24) is 0 Å². The molecule has 0 radical (unpaired) electrons. The average Bonchev–Trinajstić information content (AvgIpc) is 2.84. The van der Waals surface area contributed by atoms with E-state index < -0.39 is 6.10 Å². The molecule has 0 N–H and O–H groups in total. The predicted molar refractivity (Wildman–Crippen MR) is 84.3 cm³/mol. The molecule has 106 valence electrons. The number of rotatable bonds is 5. The van der Waals surface area contributed by atoms with E-state index in [9.17, 15) is 4.79 Å². The summed E-state index contributed by atoms with van der Waals surface area (Å²) in [6.45, 7) is 5.98. The van der Waals surface area contributed by atoms with E-state index in [1.807, 2.05) is 24.3 Å². The van der Waals surface area contributed by atoms with Gasteiger partial charge in [0.25, 0.3) is 0 Å². The number of halogens is 1. The molecule has 0 aliphatic rings. The summed E-state index contributed by atoms with van der Waals surface area (Å²) in [5, 5.41) is 0. The van der Waals surface area contributed by atoms with Gasteiger partial charge in [0, 0.05) is 0 Å². The number of ketones is 1. The number of hydrogen-bond donors (Lipinski definition) is 0. The molecule has 0 fully saturated rings. The first kappa shape index (κ1) is 15.1. The van der Waals surface area contributed by atoms with Crippen molar-refractivity contribution in [3.05, 3.63) is 51.2 Å². The van der Waals surface area contributed by atoms with Crippen LogP contribution in [0.4, 0.5) is 0 Å². The first-order valence-electron chi connectivity index (χ1n) is 6.54. The molecule has 4 heteroatoms. The molecule has 2 nitrogen and oxygen atoms in total. The summed E-state index contributed by atoms with van der Waals surface area (Å²) in [6, 6.07) is 11.3. The molecule has 1 aromatic carbocycles. The van der Waals surface area contributed by atoms with Gasteiger partial charge in [-0.2, -0.15) is 0 Å². The molecule has 2 rings (SSSR count). The molecular weight excluding hydrogens is 292 g/mol. The van der Waals surface area contributed by atoms with Gasteiger partial charge in [-0.3, -0.25) is 4.79 Å². The first-order chi connectivity index (χ1) is 9.49. The Balaban J connectivity index is 2.16. The third-order valence-electron chi connectivity index (χ3n) is 3.03. The Morgan fingerprint density at radius 3 is 2.45 bits per heavy atom. The number of hydrogen-bond acceptors (Lipinski definition) is 3. The van der Waals surface area contributed by atoms with E-state index in [0.29, 0.717) is 15.1 Å². The Morgan fingerprint density at radius 2 is 1.85 bits per heavy atom. The van der Waals surface area contributed by atoms with Gasteiger partial charge in [-0.25, -0.2) is 0 Å². The second kappa shape index (κ2) is 6.42. The van der Waals surface area contributed by atoms with Gasteiger partial charge in [0.15, 0.2) is 6.10 Å². The van der Waals surface area contributed by atoms with Crippen molar-refractivity contribution >= 4 is 28.7 Å². The van der Waals surface area contributed by atoms with Crippen molar-refractivity contribution in [1.29, 1.82) is 0 Å². The number of carbonyl (C=O) groups excluding carboxylic acids is 1. The number of Topliss-reactive ketones (excluding diaryl/α,β-unsaturated/α-hetero) is 1. The van der Waals surface area contributed by atoms with Crippen LogP contribution in [0, 0.1) is 0 Å². The van der Waals surface area contributed by atoms with Gasteiger partial charge in [-0.1, -0.05) is 43.6 Å². The highest BCUT2D eigenvalue weighted by atomic mass is 35.5. The highest BCUT2D eigenvalue weighted by molar-refractivity contribution is 7.18. The average molecular weight is 309 g/mol. The van der Waals surface area contributed by atoms with Crippen molar-refractivity contribution in [3.8, 4) is 5.75 Å². The van der Waals surface area contributed by atoms with E-state index in [1.54, 1.807) is 19.1 Å². The van der Waals surface area contributed by atoms with E-state index >= 15 is 0 Å². The number of ether oxygens (including phenoxy) is 1. The van der Waals surface area contributed by atoms with Crippen molar-refractivity contribution in [2.75, 3.05) is 0 Å². The van der Waals surface area contributed by atoms with Gasteiger partial charge in [0.2, 0.25) is 5.78 Å². The molecule has 0 saturated carbocycles. The van der Waals surface area contributed by atoms with Crippen LogP contribution in [-0.2, 0) is 0 Å². The number of benzene rings is 1. The minimum absolute atomic E-state index is 0.0412. The van der Waals surface area contributed by atoms with Gasteiger partial charge in [-0.05, 0) is 36.6 Å². The molecule has 2 aromatic rings. The normalized spacial score (nSPS) is 12.4. The van der Waals surface area contributed by atoms with E-state index in [2.05, 4.69) is 13.8 Å². The Hall–Kier alpha value is -1.32. The number of para-hydroxylation sites is 1. The fourth-order valence-electron chi connectivity index (χ4n) is 1.96. The third-order valence-corrected chi connectivity index (χ3v) is 4.28. The van der Waals surface area contributed by atoms with Crippen molar-refractivity contribution < 1.29 is 9.53 Å². The molecule has 0 saturated heterocycles. The fourth-order valence-corrected chi connectivity index (χ4v) is 3.02.